The Morgan fingerprint density at radius 2 is 1.60 bits per heavy atom. The first-order chi connectivity index (χ1) is 12.1. The van der Waals surface area contributed by atoms with Gasteiger partial charge in [0.05, 0.1) is 0 Å². The Kier molecular flexibility index (Phi) is 5.22. The summed E-state index contributed by atoms with van der Waals surface area (Å²) < 4.78 is 0. The van der Waals surface area contributed by atoms with Gasteiger partial charge in [-0.25, -0.2) is 0 Å². The fourth-order valence-electron chi connectivity index (χ4n) is 3.34. The molecule has 0 radical (unpaired) electrons. The number of carbonyl (C=O) groups excluding carboxylic acids is 1. The molecule has 0 saturated carbocycles. The molecule has 1 aliphatic rings. The molecule has 2 aromatic carbocycles. The minimum absolute atomic E-state index is 0.143. The molecule has 0 N–H and O–H groups in total. The fourth-order valence-corrected chi connectivity index (χ4v) is 3.34. The first kappa shape index (κ1) is 17.3. The van der Waals surface area contributed by atoms with Crippen LogP contribution in [0.2, 0.25) is 0 Å². The van der Waals surface area contributed by atoms with Crippen LogP contribution in [-0.2, 0) is 4.79 Å². The van der Waals surface area contributed by atoms with E-state index < -0.39 is 0 Å². The summed E-state index contributed by atoms with van der Waals surface area (Å²) >= 11 is 0. The van der Waals surface area contributed by atoms with Crippen LogP contribution in [0.4, 0.5) is 5.69 Å². The molecule has 1 saturated heterocycles. The summed E-state index contributed by atoms with van der Waals surface area (Å²) in [6, 6.07) is 16.5. The maximum absolute atomic E-state index is 12.7. The van der Waals surface area contributed by atoms with Crippen molar-refractivity contribution in [1.29, 1.82) is 0 Å². The monoisotopic (exact) mass is 334 g/mol. The summed E-state index contributed by atoms with van der Waals surface area (Å²) in [5, 5.41) is 0. The third-order valence-corrected chi connectivity index (χ3v) is 5.00. The highest BCUT2D eigenvalue weighted by molar-refractivity contribution is 5.97. The highest BCUT2D eigenvalue weighted by atomic mass is 16.2. The minimum Gasteiger partial charge on any atom is -0.368 e. The van der Waals surface area contributed by atoms with E-state index in [0.717, 1.165) is 37.3 Å². The molecule has 1 aliphatic heterocycles. The van der Waals surface area contributed by atoms with Crippen LogP contribution in [0.3, 0.4) is 0 Å². The van der Waals surface area contributed by atoms with E-state index in [4.69, 9.17) is 0 Å². The predicted octanol–water partition coefficient (Wildman–Crippen LogP) is 4.06. The molecule has 0 spiro atoms. The average Bonchev–Trinajstić information content (AvgIpc) is 2.64. The average molecular weight is 334 g/mol. The molecule has 0 bridgehead atoms. The maximum atomic E-state index is 12.7. The number of hydrogen-bond acceptors (Lipinski definition) is 2. The summed E-state index contributed by atoms with van der Waals surface area (Å²) in [6.45, 7) is 9.54. The second kappa shape index (κ2) is 7.56. The van der Waals surface area contributed by atoms with Crippen LogP contribution in [0.5, 0.6) is 0 Å². The summed E-state index contributed by atoms with van der Waals surface area (Å²) in [7, 11) is 0. The van der Waals surface area contributed by atoms with Gasteiger partial charge in [-0.3, -0.25) is 4.79 Å². The van der Waals surface area contributed by atoms with E-state index in [9.17, 15) is 4.79 Å². The van der Waals surface area contributed by atoms with Gasteiger partial charge in [0, 0.05) is 37.4 Å². The van der Waals surface area contributed by atoms with Gasteiger partial charge in [-0.2, -0.15) is 0 Å². The smallest absolute Gasteiger partial charge is 0.249 e. The molecule has 0 unspecified atom stereocenters. The zero-order valence-electron chi connectivity index (χ0n) is 15.3. The first-order valence-electron chi connectivity index (χ1n) is 8.90. The third-order valence-electron chi connectivity index (χ3n) is 5.00. The lowest BCUT2D eigenvalue weighted by atomic mass is 10.1. The van der Waals surface area contributed by atoms with Crippen LogP contribution in [0, 0.1) is 13.8 Å². The van der Waals surface area contributed by atoms with Crippen molar-refractivity contribution < 1.29 is 4.79 Å². The molecule has 130 valence electrons. The van der Waals surface area contributed by atoms with Crippen molar-refractivity contribution in [3.63, 3.8) is 0 Å². The lowest BCUT2D eigenvalue weighted by molar-refractivity contribution is -0.127. The van der Waals surface area contributed by atoms with Gasteiger partial charge < -0.3 is 9.80 Å². The van der Waals surface area contributed by atoms with Crippen molar-refractivity contribution in [2.24, 2.45) is 0 Å². The van der Waals surface area contributed by atoms with Gasteiger partial charge in [-0.15, -0.1) is 0 Å². The molecule has 3 rings (SSSR count). The number of aryl methyl sites for hydroxylation is 1. The zero-order chi connectivity index (χ0) is 17.8. The molecule has 2 aromatic rings. The van der Waals surface area contributed by atoms with E-state index in [1.807, 2.05) is 48.2 Å². The lowest BCUT2D eigenvalue weighted by Gasteiger charge is -2.37. The van der Waals surface area contributed by atoms with Crippen LogP contribution in [0.15, 0.2) is 54.1 Å². The SMILES string of the molecule is C/C(=C\c1ccccc1)C(=O)N1CCN(c2cccc(C)c2C)CC1. The van der Waals surface area contributed by atoms with Gasteiger partial charge in [0.25, 0.3) is 0 Å². The molecule has 1 fully saturated rings. The number of amides is 1. The van der Waals surface area contributed by atoms with Gasteiger partial charge in [-0.05, 0) is 49.6 Å². The van der Waals surface area contributed by atoms with Crippen molar-refractivity contribution in [2.75, 3.05) is 31.1 Å². The quantitative estimate of drug-likeness (QED) is 0.791. The number of benzene rings is 2. The number of hydrogen-bond donors (Lipinski definition) is 0. The van der Waals surface area contributed by atoms with Crippen molar-refractivity contribution in [1.82, 2.24) is 4.90 Å². The normalized spacial score (nSPS) is 15.4. The summed E-state index contributed by atoms with van der Waals surface area (Å²) in [5.74, 6) is 0.143. The Morgan fingerprint density at radius 1 is 0.920 bits per heavy atom. The van der Waals surface area contributed by atoms with E-state index in [0.29, 0.717) is 0 Å². The molecule has 3 heteroatoms. The van der Waals surface area contributed by atoms with Gasteiger partial charge in [0.15, 0.2) is 0 Å². The molecule has 0 atom stereocenters. The molecular weight excluding hydrogens is 308 g/mol. The molecule has 1 heterocycles. The van der Waals surface area contributed by atoms with Gasteiger partial charge in [-0.1, -0.05) is 42.5 Å². The van der Waals surface area contributed by atoms with Gasteiger partial charge >= 0.3 is 0 Å². The van der Waals surface area contributed by atoms with E-state index >= 15 is 0 Å². The second-order valence-corrected chi connectivity index (χ2v) is 6.74. The standard InChI is InChI=1S/C22H26N2O/c1-17-8-7-11-21(19(17)3)23-12-14-24(15-13-23)22(25)18(2)16-20-9-5-4-6-10-20/h4-11,16H,12-15H2,1-3H3/b18-16+. The van der Waals surface area contributed by atoms with Crippen LogP contribution in [0.1, 0.15) is 23.6 Å². The van der Waals surface area contributed by atoms with E-state index in [1.165, 1.54) is 16.8 Å². The van der Waals surface area contributed by atoms with Crippen LogP contribution < -0.4 is 4.90 Å². The highest BCUT2D eigenvalue weighted by Gasteiger charge is 2.23. The Morgan fingerprint density at radius 3 is 2.28 bits per heavy atom. The van der Waals surface area contributed by atoms with E-state index in [1.54, 1.807) is 0 Å². The predicted molar refractivity (Wildman–Crippen MR) is 105 cm³/mol. The zero-order valence-corrected chi connectivity index (χ0v) is 15.3. The van der Waals surface area contributed by atoms with Gasteiger partial charge in [0.1, 0.15) is 0 Å². The topological polar surface area (TPSA) is 23.6 Å². The largest absolute Gasteiger partial charge is 0.368 e. The van der Waals surface area contributed by atoms with E-state index in [2.05, 4.69) is 36.9 Å². The Balaban J connectivity index is 1.65. The molecule has 25 heavy (non-hydrogen) atoms. The molecular formula is C22H26N2O. The third kappa shape index (κ3) is 3.93. The minimum atomic E-state index is 0.143. The first-order valence-corrected chi connectivity index (χ1v) is 8.90. The number of piperazine rings is 1. The number of carbonyl (C=O) groups is 1. The summed E-state index contributed by atoms with van der Waals surface area (Å²) in [4.78, 5) is 17.1. The van der Waals surface area contributed by atoms with Crippen molar-refractivity contribution in [3.8, 4) is 0 Å². The Hall–Kier alpha value is -2.55. The number of rotatable bonds is 3. The van der Waals surface area contributed by atoms with Crippen molar-refractivity contribution >= 4 is 17.7 Å². The summed E-state index contributed by atoms with van der Waals surface area (Å²) in [5.41, 5.74) is 5.82. The number of nitrogens with zero attached hydrogens (tertiary/aromatic N) is 2. The summed E-state index contributed by atoms with van der Waals surface area (Å²) in [6.07, 6.45) is 1.97. The fraction of sp³-hybridized carbons (Fsp3) is 0.318. The molecule has 1 amide bonds. The van der Waals surface area contributed by atoms with Crippen LogP contribution in [-0.4, -0.2) is 37.0 Å². The van der Waals surface area contributed by atoms with Crippen LogP contribution >= 0.6 is 0 Å². The second-order valence-electron chi connectivity index (χ2n) is 6.74. The van der Waals surface area contributed by atoms with Crippen molar-refractivity contribution in [2.45, 2.75) is 20.8 Å². The number of anilines is 1. The van der Waals surface area contributed by atoms with Crippen LogP contribution in [0.25, 0.3) is 6.08 Å². The maximum Gasteiger partial charge on any atom is 0.249 e. The lowest BCUT2D eigenvalue weighted by Crippen LogP contribution is -2.49. The van der Waals surface area contributed by atoms with Crippen molar-refractivity contribution in [3.05, 3.63) is 70.8 Å². The molecule has 0 aliphatic carbocycles. The molecule has 0 aromatic heterocycles. The van der Waals surface area contributed by atoms with Gasteiger partial charge in [0.2, 0.25) is 5.91 Å². The Bertz CT molecular complexity index is 772. The molecule has 3 nitrogen and oxygen atoms in total. The Labute approximate surface area is 150 Å². The highest BCUT2D eigenvalue weighted by Crippen LogP contribution is 2.24. The van der Waals surface area contributed by atoms with E-state index in [-0.39, 0.29) is 5.91 Å².